The zero-order chi connectivity index (χ0) is 25.0. The predicted molar refractivity (Wildman–Crippen MR) is 123 cm³/mol. The number of hydrogen-bond acceptors (Lipinski definition) is 10. The molecular weight excluding hydrogens is 477 g/mol. The van der Waals surface area contributed by atoms with E-state index in [1.165, 1.54) is 27.3 Å². The number of aromatic nitrogens is 7. The lowest BCUT2D eigenvalue weighted by atomic mass is 10.2. The smallest absolute Gasteiger partial charge is 0.189 e. The van der Waals surface area contributed by atoms with Crippen molar-refractivity contribution in [2.75, 3.05) is 14.2 Å². The predicted octanol–water partition coefficient (Wildman–Crippen LogP) is 2.22. The normalized spacial score (nSPS) is 12.3. The molecule has 13 heteroatoms. The molecule has 0 saturated heterocycles. The molecular formula is C22H22FN7O4S. The third-order valence-corrected chi connectivity index (χ3v) is 7.30. The molecule has 0 fully saturated rings. The van der Waals surface area contributed by atoms with Gasteiger partial charge in [-0.3, -0.25) is 4.57 Å². The Bertz CT molecular complexity index is 1390. The molecule has 4 aromatic rings. The van der Waals surface area contributed by atoms with Crippen LogP contribution in [0.4, 0.5) is 4.39 Å². The fraction of sp³-hybridized carbons (Fsp3) is 0.273. The Morgan fingerprint density at radius 1 is 1.00 bits per heavy atom. The van der Waals surface area contributed by atoms with Crippen LogP contribution in [0.5, 0.6) is 11.5 Å². The minimum Gasteiger partial charge on any atom is -0.494 e. The number of para-hydroxylation sites is 1. The molecule has 0 N–H and O–H groups in total. The molecule has 0 amide bonds. The number of halogens is 1. The van der Waals surface area contributed by atoms with Crippen molar-refractivity contribution in [2.45, 2.75) is 24.3 Å². The highest BCUT2D eigenvalue weighted by atomic mass is 32.2. The lowest BCUT2D eigenvalue weighted by Crippen LogP contribution is -2.24. The van der Waals surface area contributed by atoms with Gasteiger partial charge in [-0.1, -0.05) is 6.07 Å². The van der Waals surface area contributed by atoms with Crippen molar-refractivity contribution in [1.29, 1.82) is 0 Å². The van der Waals surface area contributed by atoms with Gasteiger partial charge in [0.1, 0.15) is 34.5 Å². The molecule has 0 spiro atoms. The molecule has 182 valence electrons. The Kier molecular flexibility index (Phi) is 6.96. The molecule has 1 aromatic carbocycles. The Morgan fingerprint density at radius 2 is 1.69 bits per heavy atom. The Balaban J connectivity index is 1.79. The minimum absolute atomic E-state index is 0.00570. The van der Waals surface area contributed by atoms with Gasteiger partial charge in [-0.25, -0.2) is 22.8 Å². The van der Waals surface area contributed by atoms with Crippen LogP contribution in [0, 0.1) is 5.82 Å². The fourth-order valence-electron chi connectivity index (χ4n) is 3.43. The van der Waals surface area contributed by atoms with Gasteiger partial charge in [-0.2, -0.15) is 5.10 Å². The molecule has 0 radical (unpaired) electrons. The second-order valence-corrected chi connectivity index (χ2v) is 9.95. The SMILES string of the molecule is COc1cccc(OC)c1-n1c(CS(=O)(=O)[C@@H](C)Cc2ncc(F)cn2)nnc1-c1cccnn1. The topological polar surface area (TPSA) is 135 Å². The van der Waals surface area contributed by atoms with Crippen LogP contribution in [-0.2, 0) is 22.0 Å². The van der Waals surface area contributed by atoms with E-state index in [-0.39, 0.29) is 23.9 Å². The lowest BCUT2D eigenvalue weighted by molar-refractivity contribution is 0.390. The summed E-state index contributed by atoms with van der Waals surface area (Å²) < 4.78 is 52.4. The summed E-state index contributed by atoms with van der Waals surface area (Å²) >= 11 is 0. The largest absolute Gasteiger partial charge is 0.494 e. The van der Waals surface area contributed by atoms with E-state index >= 15 is 0 Å². The van der Waals surface area contributed by atoms with E-state index in [9.17, 15) is 12.8 Å². The molecule has 4 rings (SSSR count). The van der Waals surface area contributed by atoms with Crippen molar-refractivity contribution in [3.05, 3.63) is 66.4 Å². The monoisotopic (exact) mass is 499 g/mol. The molecule has 35 heavy (non-hydrogen) atoms. The molecule has 1 atom stereocenters. The number of ether oxygens (including phenoxy) is 2. The third kappa shape index (κ3) is 5.09. The average Bonchev–Trinajstić information content (AvgIpc) is 3.27. The molecule has 11 nitrogen and oxygen atoms in total. The quantitative estimate of drug-likeness (QED) is 0.337. The van der Waals surface area contributed by atoms with E-state index in [0.717, 1.165) is 12.4 Å². The highest BCUT2D eigenvalue weighted by molar-refractivity contribution is 7.91. The summed E-state index contributed by atoms with van der Waals surface area (Å²) in [6.07, 6.45) is 3.52. The molecule has 0 aliphatic heterocycles. The van der Waals surface area contributed by atoms with E-state index in [1.807, 2.05) is 0 Å². The van der Waals surface area contributed by atoms with Crippen LogP contribution in [0.15, 0.2) is 48.9 Å². The maximum Gasteiger partial charge on any atom is 0.189 e. The first-order valence-electron chi connectivity index (χ1n) is 10.5. The van der Waals surface area contributed by atoms with E-state index in [2.05, 4.69) is 30.4 Å². The first-order chi connectivity index (χ1) is 16.8. The van der Waals surface area contributed by atoms with E-state index in [0.29, 0.717) is 22.9 Å². The van der Waals surface area contributed by atoms with Crippen molar-refractivity contribution in [2.24, 2.45) is 0 Å². The minimum atomic E-state index is -3.77. The van der Waals surface area contributed by atoms with Gasteiger partial charge in [0.25, 0.3) is 0 Å². The summed E-state index contributed by atoms with van der Waals surface area (Å²) in [6, 6.07) is 8.54. The summed E-state index contributed by atoms with van der Waals surface area (Å²) in [5, 5.41) is 15.5. The Labute approximate surface area is 200 Å². The van der Waals surface area contributed by atoms with Gasteiger partial charge in [0.15, 0.2) is 27.3 Å². The number of benzene rings is 1. The van der Waals surface area contributed by atoms with Gasteiger partial charge in [0.2, 0.25) is 0 Å². The van der Waals surface area contributed by atoms with Crippen molar-refractivity contribution in [1.82, 2.24) is 34.9 Å². The highest BCUT2D eigenvalue weighted by Gasteiger charge is 2.29. The number of sulfone groups is 1. The molecule has 0 aliphatic rings. The van der Waals surface area contributed by atoms with Gasteiger partial charge in [0.05, 0.1) is 31.9 Å². The number of hydrogen-bond donors (Lipinski definition) is 0. The van der Waals surface area contributed by atoms with Crippen molar-refractivity contribution >= 4 is 9.84 Å². The van der Waals surface area contributed by atoms with E-state index in [1.54, 1.807) is 34.9 Å². The molecule has 3 heterocycles. The van der Waals surface area contributed by atoms with Crippen LogP contribution < -0.4 is 9.47 Å². The van der Waals surface area contributed by atoms with Crippen LogP contribution in [0.1, 0.15) is 18.6 Å². The summed E-state index contributed by atoms with van der Waals surface area (Å²) in [6.45, 7) is 1.54. The second-order valence-electron chi connectivity index (χ2n) is 7.53. The summed E-state index contributed by atoms with van der Waals surface area (Å²) in [5.74, 6) is 0.390. The third-order valence-electron chi connectivity index (χ3n) is 5.24. The van der Waals surface area contributed by atoms with Crippen LogP contribution in [0.2, 0.25) is 0 Å². The Morgan fingerprint density at radius 3 is 2.29 bits per heavy atom. The van der Waals surface area contributed by atoms with Gasteiger partial charge >= 0.3 is 0 Å². The maximum atomic E-state index is 13.3. The first kappa shape index (κ1) is 24.1. The van der Waals surface area contributed by atoms with Crippen molar-refractivity contribution in [3.63, 3.8) is 0 Å². The number of methoxy groups -OCH3 is 2. The molecule has 0 saturated carbocycles. The van der Waals surface area contributed by atoms with Gasteiger partial charge < -0.3 is 9.47 Å². The van der Waals surface area contributed by atoms with Crippen LogP contribution in [-0.4, -0.2) is 62.8 Å². The van der Waals surface area contributed by atoms with Crippen LogP contribution >= 0.6 is 0 Å². The molecule has 0 bridgehead atoms. The zero-order valence-electron chi connectivity index (χ0n) is 19.2. The molecule has 0 aliphatic carbocycles. The van der Waals surface area contributed by atoms with E-state index in [4.69, 9.17) is 9.47 Å². The van der Waals surface area contributed by atoms with E-state index < -0.39 is 26.7 Å². The van der Waals surface area contributed by atoms with Gasteiger partial charge in [-0.05, 0) is 31.2 Å². The lowest BCUT2D eigenvalue weighted by Gasteiger charge is -2.18. The highest BCUT2D eigenvalue weighted by Crippen LogP contribution is 2.36. The Hall–Kier alpha value is -4.00. The summed E-state index contributed by atoms with van der Waals surface area (Å²) in [4.78, 5) is 7.72. The van der Waals surface area contributed by atoms with Crippen molar-refractivity contribution < 1.29 is 22.3 Å². The van der Waals surface area contributed by atoms with Crippen LogP contribution in [0.25, 0.3) is 17.2 Å². The molecule has 0 unspecified atom stereocenters. The summed E-state index contributed by atoms with van der Waals surface area (Å²) in [5.41, 5.74) is 0.798. The standard InChI is InChI=1S/C22H22FN7O4S/c1-14(10-19-24-11-15(23)12-25-19)35(31,32)13-20-28-29-22(16-6-5-9-26-27-16)30(20)21-17(33-2)7-4-8-18(21)34-3/h4-9,11-12,14H,10,13H2,1-3H3/t14-/m0/s1. The van der Waals surface area contributed by atoms with Crippen LogP contribution in [0.3, 0.4) is 0 Å². The zero-order valence-corrected chi connectivity index (χ0v) is 20.0. The van der Waals surface area contributed by atoms with Crippen molar-refractivity contribution in [3.8, 4) is 28.7 Å². The average molecular weight is 500 g/mol. The van der Waals surface area contributed by atoms with Gasteiger partial charge in [-0.15, -0.1) is 15.3 Å². The fourth-order valence-corrected chi connectivity index (χ4v) is 4.67. The van der Waals surface area contributed by atoms with Gasteiger partial charge in [0, 0.05) is 12.6 Å². The molecule has 3 aromatic heterocycles. The maximum absolute atomic E-state index is 13.3. The summed E-state index contributed by atoms with van der Waals surface area (Å²) in [7, 11) is -0.791. The first-order valence-corrected chi connectivity index (χ1v) is 12.2. The second kappa shape index (κ2) is 10.1. The number of rotatable bonds is 9. The number of nitrogens with zero attached hydrogens (tertiary/aromatic N) is 7.